The minimum Gasteiger partial charge on any atom is -0.325 e. The third kappa shape index (κ3) is 4.55. The molecule has 0 atom stereocenters. The van der Waals surface area contributed by atoms with Crippen molar-refractivity contribution in [2.75, 3.05) is 11.1 Å². The zero-order valence-electron chi connectivity index (χ0n) is 14.6. The summed E-state index contributed by atoms with van der Waals surface area (Å²) < 4.78 is 2.16. The summed E-state index contributed by atoms with van der Waals surface area (Å²) in [7, 11) is 0. The van der Waals surface area contributed by atoms with Crippen molar-refractivity contribution in [3.8, 4) is 11.4 Å². The Bertz CT molecular complexity index is 760. The van der Waals surface area contributed by atoms with Gasteiger partial charge in [0.2, 0.25) is 5.91 Å². The Labute approximate surface area is 157 Å². The molecule has 0 saturated heterocycles. The normalized spacial score (nSPS) is 14.2. The van der Waals surface area contributed by atoms with E-state index in [2.05, 4.69) is 33.9 Å². The van der Waals surface area contributed by atoms with Crippen LogP contribution < -0.4 is 5.32 Å². The fraction of sp³-hybridized carbons (Fsp3) is 0.500. The molecule has 134 valence electrons. The minimum atomic E-state index is -0.00737. The molecule has 2 aromatic rings. The number of halogens is 1. The second kappa shape index (κ2) is 8.23. The summed E-state index contributed by atoms with van der Waals surface area (Å²) >= 11 is 8.03. The van der Waals surface area contributed by atoms with Gasteiger partial charge in [-0.15, -0.1) is 22.0 Å². The molecule has 0 spiro atoms. The molecule has 1 N–H and O–H groups in total. The van der Waals surface area contributed by atoms with Gasteiger partial charge in [0.1, 0.15) is 5.82 Å². The first kappa shape index (κ1) is 18.3. The molecule has 1 amide bonds. The number of rotatable bonds is 5. The van der Waals surface area contributed by atoms with Crippen molar-refractivity contribution in [1.82, 2.24) is 14.8 Å². The van der Waals surface area contributed by atoms with E-state index >= 15 is 0 Å². The number of benzene rings is 1. The van der Waals surface area contributed by atoms with Crippen molar-refractivity contribution in [3.05, 3.63) is 29.0 Å². The van der Waals surface area contributed by atoms with Crippen molar-refractivity contribution in [2.45, 2.75) is 51.3 Å². The van der Waals surface area contributed by atoms with Gasteiger partial charge >= 0.3 is 0 Å². The van der Waals surface area contributed by atoms with Gasteiger partial charge < -0.3 is 9.88 Å². The summed E-state index contributed by atoms with van der Waals surface area (Å²) in [5.74, 6) is 2.24. The molecule has 1 aliphatic rings. The molecule has 5 nitrogen and oxygen atoms in total. The maximum atomic E-state index is 12.1. The lowest BCUT2D eigenvalue weighted by atomic mass is 10.1. The van der Waals surface area contributed by atoms with Gasteiger partial charge in [-0.3, -0.25) is 4.79 Å². The SMILES string of the molecule is CC(C)SCC(=O)Nc1ccc(Cl)c(-c2nnc3n2CCCCC3)c1. The summed E-state index contributed by atoms with van der Waals surface area (Å²) in [6.45, 7) is 5.07. The van der Waals surface area contributed by atoms with Gasteiger partial charge in [0.25, 0.3) is 0 Å². The fourth-order valence-corrected chi connectivity index (χ4v) is 3.66. The van der Waals surface area contributed by atoms with Crippen LogP contribution in [0.2, 0.25) is 5.02 Å². The van der Waals surface area contributed by atoms with Crippen LogP contribution in [-0.4, -0.2) is 31.7 Å². The smallest absolute Gasteiger partial charge is 0.234 e. The van der Waals surface area contributed by atoms with Crippen LogP contribution in [0, 0.1) is 0 Å². The quantitative estimate of drug-likeness (QED) is 0.837. The van der Waals surface area contributed by atoms with E-state index in [-0.39, 0.29) is 5.91 Å². The van der Waals surface area contributed by atoms with Crippen molar-refractivity contribution in [1.29, 1.82) is 0 Å². The Balaban J connectivity index is 1.83. The van der Waals surface area contributed by atoms with Gasteiger partial charge in [0.15, 0.2) is 5.82 Å². The third-order valence-electron chi connectivity index (χ3n) is 4.15. The number of aryl methyl sites for hydroxylation is 1. The van der Waals surface area contributed by atoms with Crippen LogP contribution in [0.1, 0.15) is 38.9 Å². The number of carbonyl (C=O) groups is 1. The Morgan fingerprint density at radius 1 is 1.32 bits per heavy atom. The van der Waals surface area contributed by atoms with Gasteiger partial charge in [0, 0.05) is 24.2 Å². The lowest BCUT2D eigenvalue weighted by Crippen LogP contribution is -2.15. The number of nitrogens with zero attached hydrogens (tertiary/aromatic N) is 3. The van der Waals surface area contributed by atoms with Crippen molar-refractivity contribution in [3.63, 3.8) is 0 Å². The number of hydrogen-bond acceptors (Lipinski definition) is 4. The maximum Gasteiger partial charge on any atom is 0.234 e. The number of amides is 1. The topological polar surface area (TPSA) is 59.8 Å². The molecule has 3 rings (SSSR count). The standard InChI is InChI=1S/C18H23ClN4OS/c1-12(2)25-11-17(24)20-13-7-8-15(19)14(10-13)18-22-21-16-6-4-3-5-9-23(16)18/h7-8,10,12H,3-6,9,11H2,1-2H3,(H,20,24). The molecule has 2 heterocycles. The van der Waals surface area contributed by atoms with Crippen LogP contribution >= 0.6 is 23.4 Å². The fourth-order valence-electron chi connectivity index (χ4n) is 2.90. The Kier molecular flexibility index (Phi) is 6.02. The van der Waals surface area contributed by atoms with E-state index in [1.165, 1.54) is 6.42 Å². The Hall–Kier alpha value is -1.53. The average Bonchev–Trinajstić information content (AvgIpc) is 2.83. The van der Waals surface area contributed by atoms with E-state index < -0.39 is 0 Å². The van der Waals surface area contributed by atoms with E-state index in [4.69, 9.17) is 11.6 Å². The van der Waals surface area contributed by atoms with E-state index in [9.17, 15) is 4.79 Å². The van der Waals surface area contributed by atoms with Gasteiger partial charge in [0.05, 0.1) is 10.8 Å². The summed E-state index contributed by atoms with van der Waals surface area (Å²) in [5, 5.41) is 12.7. The van der Waals surface area contributed by atoms with Crippen molar-refractivity contribution < 1.29 is 4.79 Å². The summed E-state index contributed by atoms with van der Waals surface area (Å²) in [5.41, 5.74) is 1.55. The average molecular weight is 379 g/mol. The monoisotopic (exact) mass is 378 g/mol. The number of thioether (sulfide) groups is 1. The second-order valence-electron chi connectivity index (χ2n) is 6.50. The molecule has 1 aromatic carbocycles. The summed E-state index contributed by atoms with van der Waals surface area (Å²) in [6.07, 6.45) is 4.43. The van der Waals surface area contributed by atoms with Gasteiger partial charge in [-0.05, 0) is 36.3 Å². The highest BCUT2D eigenvalue weighted by molar-refractivity contribution is 8.00. The molecule has 7 heteroatoms. The lowest BCUT2D eigenvalue weighted by molar-refractivity contribution is -0.113. The van der Waals surface area contributed by atoms with E-state index in [1.54, 1.807) is 17.8 Å². The molecule has 25 heavy (non-hydrogen) atoms. The number of fused-ring (bicyclic) bond motifs is 1. The highest BCUT2D eigenvalue weighted by Gasteiger charge is 2.18. The maximum absolute atomic E-state index is 12.1. The van der Waals surface area contributed by atoms with Crippen molar-refractivity contribution >= 4 is 35.0 Å². The minimum absolute atomic E-state index is 0.00737. The number of aromatic nitrogens is 3. The lowest BCUT2D eigenvalue weighted by Gasteiger charge is -2.11. The number of hydrogen-bond donors (Lipinski definition) is 1. The number of nitrogens with one attached hydrogen (secondary N) is 1. The molecule has 0 unspecified atom stereocenters. The van der Waals surface area contributed by atoms with Crippen LogP contribution in [0.4, 0.5) is 5.69 Å². The molecule has 0 bridgehead atoms. The molecule has 0 saturated carbocycles. The number of anilines is 1. The van der Waals surface area contributed by atoms with Crippen LogP contribution in [-0.2, 0) is 17.8 Å². The molecule has 1 aliphatic heterocycles. The number of carbonyl (C=O) groups excluding carboxylic acids is 1. The molecular weight excluding hydrogens is 356 g/mol. The highest BCUT2D eigenvalue weighted by atomic mass is 35.5. The Morgan fingerprint density at radius 2 is 2.16 bits per heavy atom. The Morgan fingerprint density at radius 3 is 2.96 bits per heavy atom. The molecule has 1 aromatic heterocycles. The molecule has 0 radical (unpaired) electrons. The zero-order chi connectivity index (χ0) is 17.8. The summed E-state index contributed by atoms with van der Waals surface area (Å²) in [6, 6.07) is 5.52. The third-order valence-corrected chi connectivity index (χ3v) is 5.57. The largest absolute Gasteiger partial charge is 0.325 e. The van der Waals surface area contributed by atoms with Crippen LogP contribution in [0.3, 0.4) is 0 Å². The highest BCUT2D eigenvalue weighted by Crippen LogP contribution is 2.31. The zero-order valence-corrected chi connectivity index (χ0v) is 16.2. The first-order valence-electron chi connectivity index (χ1n) is 8.68. The molecule has 0 aliphatic carbocycles. The van der Waals surface area contributed by atoms with E-state index in [0.717, 1.165) is 48.7 Å². The van der Waals surface area contributed by atoms with Gasteiger partial charge in [-0.2, -0.15) is 0 Å². The predicted molar refractivity (Wildman–Crippen MR) is 104 cm³/mol. The molecular formula is C18H23ClN4OS. The second-order valence-corrected chi connectivity index (χ2v) is 8.48. The van der Waals surface area contributed by atoms with Crippen LogP contribution in [0.25, 0.3) is 11.4 Å². The van der Waals surface area contributed by atoms with Crippen LogP contribution in [0.15, 0.2) is 18.2 Å². The van der Waals surface area contributed by atoms with Crippen LogP contribution in [0.5, 0.6) is 0 Å². The van der Waals surface area contributed by atoms with Gasteiger partial charge in [-0.1, -0.05) is 31.9 Å². The van der Waals surface area contributed by atoms with E-state index in [0.29, 0.717) is 16.0 Å². The first-order valence-corrected chi connectivity index (χ1v) is 10.1. The predicted octanol–water partition coefficient (Wildman–Crippen LogP) is 4.41. The molecule has 0 fully saturated rings. The van der Waals surface area contributed by atoms with E-state index in [1.807, 2.05) is 12.1 Å². The van der Waals surface area contributed by atoms with Crippen molar-refractivity contribution in [2.24, 2.45) is 0 Å². The van der Waals surface area contributed by atoms with Gasteiger partial charge in [-0.25, -0.2) is 0 Å². The first-order chi connectivity index (χ1) is 12.0. The summed E-state index contributed by atoms with van der Waals surface area (Å²) in [4.78, 5) is 12.1.